The SMILES string of the molecule is O=C(/C=C/c1cnc2ccccc2n1)N1CCN(CCOc2ccccc2Cl)CC1. The van der Waals surface area contributed by atoms with Crippen molar-refractivity contribution in [2.24, 2.45) is 0 Å². The third kappa shape index (κ3) is 5.14. The Labute approximate surface area is 180 Å². The highest BCUT2D eigenvalue weighted by Crippen LogP contribution is 2.22. The molecule has 6 nitrogen and oxygen atoms in total. The van der Waals surface area contributed by atoms with Crippen molar-refractivity contribution in [3.63, 3.8) is 0 Å². The van der Waals surface area contributed by atoms with Crippen molar-refractivity contribution in [1.29, 1.82) is 0 Å². The van der Waals surface area contributed by atoms with Crippen LogP contribution in [-0.4, -0.2) is 65.0 Å². The van der Waals surface area contributed by atoms with Crippen LogP contribution in [0.25, 0.3) is 17.1 Å². The average molecular weight is 423 g/mol. The lowest BCUT2D eigenvalue weighted by atomic mass is 10.2. The maximum absolute atomic E-state index is 12.5. The lowest BCUT2D eigenvalue weighted by Crippen LogP contribution is -2.49. The molecule has 0 spiro atoms. The van der Waals surface area contributed by atoms with Crippen molar-refractivity contribution >= 4 is 34.6 Å². The van der Waals surface area contributed by atoms with Crippen LogP contribution in [0.5, 0.6) is 5.75 Å². The van der Waals surface area contributed by atoms with Crippen LogP contribution in [-0.2, 0) is 4.79 Å². The quantitative estimate of drug-likeness (QED) is 0.569. The van der Waals surface area contributed by atoms with Gasteiger partial charge in [0.2, 0.25) is 5.91 Å². The minimum atomic E-state index is -0.00285. The van der Waals surface area contributed by atoms with Gasteiger partial charge in [0.05, 0.1) is 27.9 Å². The Balaban J connectivity index is 1.23. The van der Waals surface area contributed by atoms with Crippen LogP contribution < -0.4 is 4.74 Å². The number of hydrogen-bond acceptors (Lipinski definition) is 5. The van der Waals surface area contributed by atoms with Crippen molar-refractivity contribution in [2.75, 3.05) is 39.3 Å². The summed E-state index contributed by atoms with van der Waals surface area (Å²) in [5.74, 6) is 0.701. The molecule has 0 bridgehead atoms. The van der Waals surface area contributed by atoms with Crippen molar-refractivity contribution in [1.82, 2.24) is 19.8 Å². The summed E-state index contributed by atoms with van der Waals surface area (Å²) in [6.45, 7) is 4.40. The maximum atomic E-state index is 12.5. The third-order valence-electron chi connectivity index (χ3n) is 5.05. The van der Waals surface area contributed by atoms with Crippen LogP contribution in [0.4, 0.5) is 0 Å². The Hall–Kier alpha value is -2.96. The highest BCUT2D eigenvalue weighted by molar-refractivity contribution is 6.32. The van der Waals surface area contributed by atoms with Crippen LogP contribution in [0.1, 0.15) is 5.69 Å². The van der Waals surface area contributed by atoms with Crippen molar-refractivity contribution in [2.45, 2.75) is 0 Å². The van der Waals surface area contributed by atoms with E-state index < -0.39 is 0 Å². The van der Waals surface area contributed by atoms with E-state index in [9.17, 15) is 4.79 Å². The molecule has 1 saturated heterocycles. The molecule has 1 amide bonds. The number of benzene rings is 2. The van der Waals surface area contributed by atoms with Crippen LogP contribution in [0.2, 0.25) is 5.02 Å². The summed E-state index contributed by atoms with van der Waals surface area (Å²) < 4.78 is 5.75. The van der Waals surface area contributed by atoms with E-state index in [4.69, 9.17) is 16.3 Å². The van der Waals surface area contributed by atoms with E-state index in [0.29, 0.717) is 36.2 Å². The number of nitrogens with zero attached hydrogens (tertiary/aromatic N) is 4. The minimum Gasteiger partial charge on any atom is -0.491 e. The minimum absolute atomic E-state index is 0.00285. The molecular weight excluding hydrogens is 400 g/mol. The molecule has 30 heavy (non-hydrogen) atoms. The van der Waals surface area contributed by atoms with Gasteiger partial charge in [-0.15, -0.1) is 0 Å². The second-order valence-corrected chi connectivity index (χ2v) is 7.47. The summed E-state index contributed by atoms with van der Waals surface area (Å²) >= 11 is 6.10. The number of aromatic nitrogens is 2. The molecule has 1 aromatic heterocycles. The Morgan fingerprint density at radius 3 is 2.57 bits per heavy atom. The standard InChI is InChI=1S/C23H23ClN4O2/c24-19-5-1-4-8-22(19)30-16-15-27-11-13-28(14-12-27)23(29)10-9-18-17-25-20-6-2-3-7-21(20)26-18/h1-10,17H,11-16H2/b10-9+. The molecule has 0 aliphatic carbocycles. The zero-order chi connectivity index (χ0) is 20.8. The first-order valence-electron chi connectivity index (χ1n) is 9.97. The molecule has 0 atom stereocenters. The lowest BCUT2D eigenvalue weighted by Gasteiger charge is -2.34. The summed E-state index contributed by atoms with van der Waals surface area (Å²) in [7, 11) is 0. The first kappa shape index (κ1) is 20.3. The zero-order valence-electron chi connectivity index (χ0n) is 16.6. The van der Waals surface area contributed by atoms with Crippen molar-refractivity contribution < 1.29 is 9.53 Å². The number of para-hydroxylation sites is 3. The number of halogens is 1. The number of piperazine rings is 1. The molecule has 1 aliphatic rings. The van der Waals surface area contributed by atoms with Crippen LogP contribution in [0, 0.1) is 0 Å². The first-order chi connectivity index (χ1) is 14.7. The van der Waals surface area contributed by atoms with E-state index in [2.05, 4.69) is 14.9 Å². The van der Waals surface area contributed by atoms with Gasteiger partial charge in [-0.25, -0.2) is 4.98 Å². The molecule has 154 valence electrons. The third-order valence-corrected chi connectivity index (χ3v) is 5.36. The molecule has 3 aromatic rings. The normalized spacial score (nSPS) is 15.0. The van der Waals surface area contributed by atoms with Gasteiger partial charge in [-0.2, -0.15) is 0 Å². The Bertz CT molecular complexity index is 1050. The number of fused-ring (bicyclic) bond motifs is 1. The summed E-state index contributed by atoms with van der Waals surface area (Å²) in [6.07, 6.45) is 4.99. The predicted molar refractivity (Wildman–Crippen MR) is 119 cm³/mol. The molecule has 2 heterocycles. The number of carbonyl (C=O) groups excluding carboxylic acids is 1. The molecule has 0 unspecified atom stereocenters. The van der Waals surface area contributed by atoms with E-state index >= 15 is 0 Å². The van der Waals surface area contributed by atoms with Gasteiger partial charge in [-0.1, -0.05) is 35.9 Å². The Morgan fingerprint density at radius 1 is 1.03 bits per heavy atom. The van der Waals surface area contributed by atoms with Gasteiger partial charge in [-0.3, -0.25) is 14.7 Å². The molecule has 0 N–H and O–H groups in total. The fraction of sp³-hybridized carbons (Fsp3) is 0.261. The number of rotatable bonds is 6. The summed E-state index contributed by atoms with van der Waals surface area (Å²) in [5.41, 5.74) is 2.34. The molecule has 1 fully saturated rings. The Morgan fingerprint density at radius 2 is 1.77 bits per heavy atom. The van der Waals surface area contributed by atoms with E-state index in [-0.39, 0.29) is 5.91 Å². The molecule has 4 rings (SSSR count). The van der Waals surface area contributed by atoms with Gasteiger partial charge in [0.15, 0.2) is 0 Å². The van der Waals surface area contributed by atoms with Gasteiger partial charge < -0.3 is 9.64 Å². The van der Waals surface area contributed by atoms with Gasteiger partial charge in [0.25, 0.3) is 0 Å². The van der Waals surface area contributed by atoms with Gasteiger partial charge in [0, 0.05) is 38.8 Å². The molecule has 2 aromatic carbocycles. The molecular formula is C23H23ClN4O2. The van der Waals surface area contributed by atoms with E-state index in [1.165, 1.54) is 0 Å². The van der Waals surface area contributed by atoms with Crippen LogP contribution >= 0.6 is 11.6 Å². The van der Waals surface area contributed by atoms with Crippen LogP contribution in [0.15, 0.2) is 60.8 Å². The molecule has 0 radical (unpaired) electrons. The van der Waals surface area contributed by atoms with Gasteiger partial charge >= 0.3 is 0 Å². The van der Waals surface area contributed by atoms with E-state index in [1.54, 1.807) is 18.3 Å². The first-order valence-corrected chi connectivity index (χ1v) is 10.4. The molecule has 0 saturated carbocycles. The molecule has 7 heteroatoms. The summed E-state index contributed by atoms with van der Waals surface area (Å²) in [4.78, 5) is 25.5. The van der Waals surface area contributed by atoms with Gasteiger partial charge in [0.1, 0.15) is 12.4 Å². The van der Waals surface area contributed by atoms with E-state index in [0.717, 1.165) is 30.7 Å². The molecule has 1 aliphatic heterocycles. The predicted octanol–water partition coefficient (Wildman–Crippen LogP) is 3.52. The topological polar surface area (TPSA) is 58.6 Å². The Kier molecular flexibility index (Phi) is 6.57. The second-order valence-electron chi connectivity index (χ2n) is 7.06. The number of hydrogen-bond donors (Lipinski definition) is 0. The van der Waals surface area contributed by atoms with Crippen LogP contribution in [0.3, 0.4) is 0 Å². The van der Waals surface area contributed by atoms with Gasteiger partial charge in [-0.05, 0) is 30.3 Å². The number of amides is 1. The van der Waals surface area contributed by atoms with E-state index in [1.807, 2.05) is 53.4 Å². The largest absolute Gasteiger partial charge is 0.491 e. The number of carbonyl (C=O) groups is 1. The summed E-state index contributed by atoms with van der Waals surface area (Å²) in [6, 6.07) is 15.2. The van der Waals surface area contributed by atoms with Crippen molar-refractivity contribution in [3.05, 3.63) is 71.5 Å². The fourth-order valence-electron chi connectivity index (χ4n) is 3.35. The maximum Gasteiger partial charge on any atom is 0.246 e. The smallest absolute Gasteiger partial charge is 0.246 e. The lowest BCUT2D eigenvalue weighted by molar-refractivity contribution is -0.127. The summed E-state index contributed by atoms with van der Waals surface area (Å²) in [5, 5.41) is 0.621. The highest BCUT2D eigenvalue weighted by atomic mass is 35.5. The van der Waals surface area contributed by atoms with Crippen molar-refractivity contribution in [3.8, 4) is 5.75 Å². The fourth-order valence-corrected chi connectivity index (χ4v) is 3.54. The number of ether oxygens (including phenoxy) is 1. The second kappa shape index (κ2) is 9.69. The zero-order valence-corrected chi connectivity index (χ0v) is 17.3. The highest BCUT2D eigenvalue weighted by Gasteiger charge is 2.19. The average Bonchev–Trinajstić information content (AvgIpc) is 2.79. The monoisotopic (exact) mass is 422 g/mol.